The van der Waals surface area contributed by atoms with Gasteiger partial charge in [0.1, 0.15) is 0 Å². The summed E-state index contributed by atoms with van der Waals surface area (Å²) in [4.78, 5) is 46.6. The first-order valence-electron chi connectivity index (χ1n) is 14.6. The van der Waals surface area contributed by atoms with Crippen LogP contribution in [0.4, 0.5) is 8.78 Å². The maximum absolute atomic E-state index is 13.9. The lowest BCUT2D eigenvalue weighted by Crippen LogP contribution is -2.43. The number of nitrogens with one attached hydrogen (secondary N) is 2. The number of piperidine rings is 1. The van der Waals surface area contributed by atoms with Gasteiger partial charge >= 0.3 is 0 Å². The Hall–Kier alpha value is -3.79. The molecule has 43 heavy (non-hydrogen) atoms. The van der Waals surface area contributed by atoms with Crippen LogP contribution in [0.5, 0.6) is 0 Å². The van der Waals surface area contributed by atoms with Gasteiger partial charge in [-0.2, -0.15) is 5.10 Å². The molecule has 0 aliphatic carbocycles. The third kappa shape index (κ3) is 5.77. The molecule has 2 amide bonds. The molecule has 2 aliphatic heterocycles. The number of benzene rings is 2. The zero-order chi connectivity index (χ0) is 30.6. The Morgan fingerprint density at radius 1 is 1.09 bits per heavy atom. The molecule has 2 aromatic carbocycles. The van der Waals surface area contributed by atoms with Crippen molar-refractivity contribution in [3.8, 4) is 0 Å². The quantitative estimate of drug-likeness (QED) is 0.311. The monoisotopic (exact) mass is 609 g/mol. The molecule has 8 nitrogen and oxygen atoms in total. The zero-order valence-corrected chi connectivity index (χ0v) is 25.2. The van der Waals surface area contributed by atoms with Gasteiger partial charge in [-0.15, -0.1) is 0 Å². The highest BCUT2D eigenvalue weighted by atomic mass is 35.5. The number of hydrogen-bond donors (Lipinski definition) is 2. The second kappa shape index (κ2) is 11.0. The Labute approximate surface area is 252 Å². The highest BCUT2D eigenvalue weighted by molar-refractivity contribution is 6.35. The lowest BCUT2D eigenvalue weighted by Gasteiger charge is -2.34. The molecule has 0 spiro atoms. The highest BCUT2D eigenvalue weighted by Crippen LogP contribution is 2.36. The van der Waals surface area contributed by atoms with Gasteiger partial charge in [0.15, 0.2) is 11.6 Å². The Bertz CT molecular complexity index is 1800. The molecule has 226 valence electrons. The van der Waals surface area contributed by atoms with E-state index in [1.54, 1.807) is 17.2 Å². The van der Waals surface area contributed by atoms with Crippen LogP contribution >= 0.6 is 11.6 Å². The van der Waals surface area contributed by atoms with Crippen LogP contribution in [0.1, 0.15) is 62.6 Å². The molecule has 1 atom stereocenters. The summed E-state index contributed by atoms with van der Waals surface area (Å²) in [6.07, 6.45) is 3.32. The number of hydrogen-bond acceptors (Lipinski definition) is 4. The lowest BCUT2D eigenvalue weighted by atomic mass is 9.88. The molecule has 1 saturated heterocycles. The number of carbonyl (C=O) groups is 2. The fraction of sp³-hybridized carbons (Fsp3) is 0.438. The summed E-state index contributed by atoms with van der Waals surface area (Å²) in [5.74, 6) is -2.80. The van der Waals surface area contributed by atoms with Crippen LogP contribution in [0, 0.1) is 23.0 Å². The number of aromatic nitrogens is 3. The minimum Gasteiger partial charge on any atom is -0.343 e. The van der Waals surface area contributed by atoms with E-state index < -0.39 is 17.6 Å². The van der Waals surface area contributed by atoms with E-state index in [1.807, 2.05) is 11.0 Å². The molecule has 2 N–H and O–H groups in total. The van der Waals surface area contributed by atoms with Gasteiger partial charge < -0.3 is 14.8 Å². The van der Waals surface area contributed by atoms with Crippen molar-refractivity contribution >= 4 is 45.2 Å². The molecule has 11 heteroatoms. The van der Waals surface area contributed by atoms with Gasteiger partial charge in [-0.05, 0) is 59.9 Å². The molecule has 2 aliphatic rings. The molecule has 4 aromatic rings. The fourth-order valence-corrected chi connectivity index (χ4v) is 6.87. The first-order valence-corrected chi connectivity index (χ1v) is 15.0. The SMILES string of the molecule is CC(C)(C)CN1Cc2c(cc(Cl)c3[nH]ncc23)CC(CC(=O)N2CCC(c3cc4cc(F)c(F)cc4[nH]c3=O)CC2)C1=O. The van der Waals surface area contributed by atoms with Gasteiger partial charge in [0, 0.05) is 55.0 Å². The maximum Gasteiger partial charge on any atom is 0.251 e. The summed E-state index contributed by atoms with van der Waals surface area (Å²) in [7, 11) is 0. The first-order chi connectivity index (χ1) is 20.4. The van der Waals surface area contributed by atoms with E-state index in [0.717, 1.165) is 34.2 Å². The van der Waals surface area contributed by atoms with E-state index in [1.165, 1.54) is 0 Å². The van der Waals surface area contributed by atoms with Gasteiger partial charge in [-0.3, -0.25) is 19.5 Å². The summed E-state index contributed by atoms with van der Waals surface area (Å²) >= 11 is 6.56. The van der Waals surface area contributed by atoms with Crippen LogP contribution < -0.4 is 5.56 Å². The smallest absolute Gasteiger partial charge is 0.251 e. The molecule has 4 heterocycles. The van der Waals surface area contributed by atoms with Crippen LogP contribution in [0.2, 0.25) is 5.02 Å². The number of amides is 2. The number of carbonyl (C=O) groups excluding carboxylic acids is 2. The van der Waals surface area contributed by atoms with Crippen LogP contribution in [-0.4, -0.2) is 56.4 Å². The van der Waals surface area contributed by atoms with E-state index in [9.17, 15) is 23.2 Å². The van der Waals surface area contributed by atoms with Crippen molar-refractivity contribution in [2.45, 2.75) is 58.9 Å². The van der Waals surface area contributed by atoms with E-state index >= 15 is 0 Å². The van der Waals surface area contributed by atoms with Crippen molar-refractivity contribution in [1.82, 2.24) is 25.0 Å². The molecule has 0 bridgehead atoms. The second-order valence-electron chi connectivity index (χ2n) is 13.1. The van der Waals surface area contributed by atoms with Crippen molar-refractivity contribution in [3.05, 3.63) is 74.2 Å². The molecule has 1 fully saturated rings. The molecule has 1 unspecified atom stereocenters. The Morgan fingerprint density at radius 3 is 2.53 bits per heavy atom. The normalized spacial score (nSPS) is 18.4. The Morgan fingerprint density at radius 2 is 1.81 bits per heavy atom. The number of likely N-dealkylation sites (tertiary alicyclic amines) is 1. The van der Waals surface area contributed by atoms with Crippen molar-refractivity contribution in [3.63, 3.8) is 0 Å². The number of halogens is 3. The van der Waals surface area contributed by atoms with Crippen LogP contribution in [-0.2, 0) is 22.6 Å². The summed E-state index contributed by atoms with van der Waals surface area (Å²) in [6.45, 7) is 8.09. The first kappa shape index (κ1) is 29.3. The average molecular weight is 610 g/mol. The predicted molar refractivity (Wildman–Crippen MR) is 161 cm³/mol. The zero-order valence-electron chi connectivity index (χ0n) is 24.4. The summed E-state index contributed by atoms with van der Waals surface area (Å²) in [5.41, 5.74) is 2.96. The number of rotatable bonds is 4. The molecular formula is C32H34ClF2N5O3. The fourth-order valence-electron chi connectivity index (χ4n) is 6.60. The van der Waals surface area contributed by atoms with Crippen molar-refractivity contribution in [1.29, 1.82) is 0 Å². The van der Waals surface area contributed by atoms with Gasteiger partial charge in [0.05, 0.1) is 28.2 Å². The number of H-pyrrole nitrogens is 2. The van der Waals surface area contributed by atoms with Crippen molar-refractivity contribution in [2.24, 2.45) is 11.3 Å². The minimum atomic E-state index is -1.02. The van der Waals surface area contributed by atoms with Crippen LogP contribution in [0.25, 0.3) is 21.8 Å². The minimum absolute atomic E-state index is 0.0477. The molecule has 0 radical (unpaired) electrons. The molecule has 2 aromatic heterocycles. The number of pyridine rings is 1. The average Bonchev–Trinajstić information content (AvgIpc) is 3.40. The maximum atomic E-state index is 13.9. The summed E-state index contributed by atoms with van der Waals surface area (Å²) in [6, 6.07) is 5.57. The van der Waals surface area contributed by atoms with Gasteiger partial charge in [0.2, 0.25) is 11.8 Å². The van der Waals surface area contributed by atoms with E-state index in [4.69, 9.17) is 11.6 Å². The van der Waals surface area contributed by atoms with Crippen molar-refractivity contribution < 1.29 is 18.4 Å². The third-order valence-electron chi connectivity index (χ3n) is 8.66. The van der Waals surface area contributed by atoms with Crippen molar-refractivity contribution in [2.75, 3.05) is 19.6 Å². The number of aromatic amines is 2. The second-order valence-corrected chi connectivity index (χ2v) is 13.5. The van der Waals surface area contributed by atoms with Crippen LogP contribution in [0.15, 0.2) is 35.3 Å². The highest BCUT2D eigenvalue weighted by Gasteiger charge is 2.36. The van der Waals surface area contributed by atoms with Gasteiger partial charge in [0.25, 0.3) is 5.56 Å². The third-order valence-corrected chi connectivity index (χ3v) is 8.95. The molecular weight excluding hydrogens is 576 g/mol. The van der Waals surface area contributed by atoms with Gasteiger partial charge in [-0.25, -0.2) is 8.78 Å². The van der Waals surface area contributed by atoms with Gasteiger partial charge in [-0.1, -0.05) is 32.4 Å². The van der Waals surface area contributed by atoms with E-state index in [-0.39, 0.29) is 40.6 Å². The largest absolute Gasteiger partial charge is 0.343 e. The topological polar surface area (TPSA) is 102 Å². The lowest BCUT2D eigenvalue weighted by molar-refractivity contribution is -0.142. The number of nitrogens with zero attached hydrogens (tertiary/aromatic N) is 3. The predicted octanol–water partition coefficient (Wildman–Crippen LogP) is 5.68. The molecule has 0 saturated carbocycles. The number of fused-ring (bicyclic) bond motifs is 4. The van der Waals surface area contributed by atoms with Crippen LogP contribution in [0.3, 0.4) is 0 Å². The molecule has 6 rings (SSSR count). The Kier molecular flexibility index (Phi) is 7.52. The standard InChI is InChI=1S/C32H34ClF2N5O3/c1-32(2,3)16-40-15-23-18(10-24(33)29-22(23)14-36-38-29)8-20(31(40)43)12-28(41)39-6-4-17(5-7-39)21-9-19-11-25(34)26(35)13-27(19)37-30(21)42/h9-11,13-14,17,20H,4-8,12,15-16H2,1-3H3,(H,36,38)(H,37,42). The Balaban J connectivity index is 1.20. The summed E-state index contributed by atoms with van der Waals surface area (Å²) < 4.78 is 27.5. The van der Waals surface area contributed by atoms with E-state index in [0.29, 0.717) is 61.4 Å². The summed E-state index contributed by atoms with van der Waals surface area (Å²) in [5, 5.41) is 8.97. The van der Waals surface area contributed by atoms with E-state index in [2.05, 4.69) is 36.0 Å².